The van der Waals surface area contributed by atoms with Crippen molar-refractivity contribution >= 4 is 21.7 Å². The van der Waals surface area contributed by atoms with Crippen LogP contribution in [-0.4, -0.2) is 42.7 Å². The molecular formula is C21H27N3O5S. The molecular weight excluding hydrogens is 406 g/mol. The molecule has 3 rings (SSSR count). The molecule has 8 nitrogen and oxygen atoms in total. The van der Waals surface area contributed by atoms with Crippen LogP contribution in [0.25, 0.3) is 5.65 Å². The Hall–Kier alpha value is -2.75. The van der Waals surface area contributed by atoms with Crippen LogP contribution in [0.5, 0.6) is 0 Å². The second-order valence-corrected chi connectivity index (χ2v) is 8.76. The maximum absolute atomic E-state index is 12.1. The highest BCUT2D eigenvalue weighted by atomic mass is 32.2. The van der Waals surface area contributed by atoms with Crippen LogP contribution in [0.1, 0.15) is 41.4 Å². The van der Waals surface area contributed by atoms with Crippen molar-refractivity contribution in [3.8, 4) is 0 Å². The summed E-state index contributed by atoms with van der Waals surface area (Å²) >= 11 is 0. The summed E-state index contributed by atoms with van der Waals surface area (Å²) in [5, 5.41) is 1.40. The molecule has 0 atom stereocenters. The second kappa shape index (κ2) is 9.38. The van der Waals surface area contributed by atoms with Gasteiger partial charge in [-0.3, -0.25) is 0 Å². The van der Waals surface area contributed by atoms with E-state index in [1.165, 1.54) is 22.9 Å². The van der Waals surface area contributed by atoms with Gasteiger partial charge < -0.3 is 9.39 Å². The Morgan fingerprint density at radius 1 is 1.17 bits per heavy atom. The molecule has 162 valence electrons. The van der Waals surface area contributed by atoms with Gasteiger partial charge in [0.05, 0.1) is 18.1 Å². The minimum Gasteiger partial charge on any atom is -0.744 e. The highest BCUT2D eigenvalue weighted by molar-refractivity contribution is 7.85. The zero-order valence-electron chi connectivity index (χ0n) is 18.0. The summed E-state index contributed by atoms with van der Waals surface area (Å²) in [5.74, 6) is 0.0437. The maximum Gasteiger partial charge on any atom is 0.365 e. The number of aromatic nitrogens is 2. The fourth-order valence-electron chi connectivity index (χ4n) is 2.94. The summed E-state index contributed by atoms with van der Waals surface area (Å²) in [4.78, 5) is 17.1. The second-order valence-electron chi connectivity index (χ2n) is 7.38. The number of hydrogen-bond acceptors (Lipinski definition) is 6. The van der Waals surface area contributed by atoms with Crippen LogP contribution >= 0.6 is 0 Å². The third-order valence-electron chi connectivity index (χ3n) is 4.36. The molecule has 0 aliphatic rings. The van der Waals surface area contributed by atoms with Crippen molar-refractivity contribution in [3.05, 3.63) is 65.6 Å². The molecule has 0 spiro atoms. The molecule has 2 aromatic heterocycles. The van der Waals surface area contributed by atoms with E-state index in [9.17, 15) is 17.8 Å². The van der Waals surface area contributed by atoms with Crippen LogP contribution in [0.2, 0.25) is 0 Å². The lowest BCUT2D eigenvalue weighted by Gasteiger charge is -2.09. The van der Waals surface area contributed by atoms with E-state index in [1.54, 1.807) is 32.3 Å². The minimum absolute atomic E-state index is 0.178. The molecule has 0 aliphatic carbocycles. The third-order valence-corrected chi connectivity index (χ3v) is 5.21. The molecule has 0 N–H and O–H groups in total. The van der Waals surface area contributed by atoms with E-state index in [4.69, 9.17) is 4.84 Å². The smallest absolute Gasteiger partial charge is 0.365 e. The Labute approximate surface area is 177 Å². The van der Waals surface area contributed by atoms with Gasteiger partial charge in [-0.1, -0.05) is 31.5 Å². The van der Waals surface area contributed by atoms with Crippen LogP contribution in [0, 0.1) is 6.92 Å². The van der Waals surface area contributed by atoms with Gasteiger partial charge in [-0.2, -0.15) is 0 Å². The summed E-state index contributed by atoms with van der Waals surface area (Å²) in [6.45, 7) is 6.08. The largest absolute Gasteiger partial charge is 0.744 e. The topological polar surface area (TPSA) is 95.8 Å². The van der Waals surface area contributed by atoms with Crippen LogP contribution in [0.15, 0.2) is 53.7 Å². The number of hydroxylamine groups is 2. The molecule has 0 saturated carbocycles. The first kappa shape index (κ1) is 23.5. The standard InChI is InChI=1S/C14H20N3O2.C7H8O3S/c1-10(2)12-9-17-8-6-7-11(13(17)16(12)5)14(18)19-15(3)4;1-6-2-4-7(5-3-6)11(8,9)10/h6-10H,1-5H3;2-5H,1H3,(H,8,9,10)/q+1;/p-1. The third kappa shape index (κ3) is 5.65. The summed E-state index contributed by atoms with van der Waals surface area (Å²) in [6.07, 6.45) is 3.99. The fourth-order valence-corrected chi connectivity index (χ4v) is 3.41. The predicted octanol–water partition coefficient (Wildman–Crippen LogP) is 2.42. The van der Waals surface area contributed by atoms with Crippen LogP contribution in [0.4, 0.5) is 0 Å². The van der Waals surface area contributed by atoms with Crippen molar-refractivity contribution in [3.63, 3.8) is 0 Å². The SMILES string of the molecule is CC(C)c1c[n+]2cccc(C(=O)ON(C)C)c2n1C.Cc1ccc(S(=O)(=O)[O-])cc1. The minimum atomic E-state index is -4.27. The van der Waals surface area contributed by atoms with Gasteiger partial charge in [0.1, 0.15) is 22.0 Å². The summed E-state index contributed by atoms with van der Waals surface area (Å²) in [6, 6.07) is 9.42. The Bertz CT molecular complexity index is 1130. The molecule has 2 heterocycles. The lowest BCUT2D eigenvalue weighted by atomic mass is 10.1. The van der Waals surface area contributed by atoms with E-state index in [1.807, 2.05) is 41.4 Å². The van der Waals surface area contributed by atoms with Crippen LogP contribution in [0.3, 0.4) is 0 Å². The van der Waals surface area contributed by atoms with Crippen LogP contribution in [-0.2, 0) is 22.0 Å². The number of rotatable bonds is 4. The van der Waals surface area contributed by atoms with E-state index in [-0.39, 0.29) is 10.9 Å². The molecule has 0 bridgehead atoms. The molecule has 0 amide bonds. The molecule has 0 unspecified atom stereocenters. The van der Waals surface area contributed by atoms with Gasteiger partial charge in [0, 0.05) is 20.0 Å². The van der Waals surface area contributed by atoms with Gasteiger partial charge in [-0.15, -0.1) is 5.06 Å². The van der Waals surface area contributed by atoms with Crippen molar-refractivity contribution < 1.29 is 27.0 Å². The zero-order chi connectivity index (χ0) is 22.6. The zero-order valence-corrected chi connectivity index (χ0v) is 18.8. The summed E-state index contributed by atoms with van der Waals surface area (Å²) in [5.41, 5.74) is 3.51. The van der Waals surface area contributed by atoms with Crippen molar-refractivity contribution in [2.75, 3.05) is 14.1 Å². The molecule has 0 fully saturated rings. The number of fused-ring (bicyclic) bond motifs is 1. The van der Waals surface area contributed by atoms with Gasteiger partial charge in [0.2, 0.25) is 0 Å². The molecule has 0 aliphatic heterocycles. The number of aryl methyl sites for hydroxylation is 2. The molecule has 0 saturated heterocycles. The Morgan fingerprint density at radius 3 is 2.27 bits per heavy atom. The average molecular weight is 434 g/mol. The first-order valence-corrected chi connectivity index (χ1v) is 10.7. The van der Waals surface area contributed by atoms with Crippen molar-refractivity contribution in [2.45, 2.75) is 31.6 Å². The summed E-state index contributed by atoms with van der Waals surface area (Å²) < 4.78 is 35.2. The summed E-state index contributed by atoms with van der Waals surface area (Å²) in [7, 11) is 1.08. The number of nitrogens with zero attached hydrogens (tertiary/aromatic N) is 3. The number of carbonyl (C=O) groups is 1. The number of pyridine rings is 1. The highest BCUT2D eigenvalue weighted by Crippen LogP contribution is 2.17. The maximum atomic E-state index is 12.1. The van der Waals surface area contributed by atoms with Gasteiger partial charge in [0.15, 0.2) is 5.56 Å². The number of benzene rings is 1. The van der Waals surface area contributed by atoms with E-state index in [0.717, 1.165) is 11.2 Å². The molecule has 0 radical (unpaired) electrons. The Balaban J connectivity index is 0.000000248. The fraction of sp³-hybridized carbons (Fsp3) is 0.333. The van der Waals surface area contributed by atoms with Gasteiger partial charge >= 0.3 is 11.6 Å². The van der Waals surface area contributed by atoms with Gasteiger partial charge in [-0.25, -0.2) is 22.2 Å². The predicted molar refractivity (Wildman–Crippen MR) is 111 cm³/mol. The first-order chi connectivity index (χ1) is 13.9. The van der Waals surface area contributed by atoms with E-state index in [0.29, 0.717) is 11.5 Å². The molecule has 9 heteroatoms. The van der Waals surface area contributed by atoms with E-state index in [2.05, 4.69) is 13.8 Å². The average Bonchev–Trinajstić information content (AvgIpc) is 2.98. The number of hydrogen-bond donors (Lipinski definition) is 0. The number of imidazole rings is 1. The number of carbonyl (C=O) groups excluding carboxylic acids is 1. The van der Waals surface area contributed by atoms with Gasteiger partial charge in [0.25, 0.3) is 0 Å². The molecule has 3 aromatic rings. The van der Waals surface area contributed by atoms with E-state index < -0.39 is 10.1 Å². The lowest BCUT2D eigenvalue weighted by Crippen LogP contribution is -2.25. The van der Waals surface area contributed by atoms with Crippen molar-refractivity contribution in [1.29, 1.82) is 0 Å². The van der Waals surface area contributed by atoms with Crippen molar-refractivity contribution in [2.24, 2.45) is 7.05 Å². The van der Waals surface area contributed by atoms with Gasteiger partial charge in [-0.05, 0) is 31.2 Å². The Morgan fingerprint density at radius 2 is 1.77 bits per heavy atom. The molecule has 1 aromatic carbocycles. The Kier molecular flexibility index (Phi) is 7.35. The first-order valence-electron chi connectivity index (χ1n) is 9.33. The van der Waals surface area contributed by atoms with Crippen LogP contribution < -0.4 is 4.40 Å². The quantitative estimate of drug-likeness (QED) is 0.356. The molecule has 30 heavy (non-hydrogen) atoms. The monoisotopic (exact) mass is 433 g/mol. The van der Waals surface area contributed by atoms with Crippen molar-refractivity contribution in [1.82, 2.24) is 9.63 Å². The van der Waals surface area contributed by atoms with E-state index >= 15 is 0 Å². The normalized spacial score (nSPS) is 11.5. The highest BCUT2D eigenvalue weighted by Gasteiger charge is 2.24. The lowest BCUT2D eigenvalue weighted by molar-refractivity contribution is -0.511.